The first kappa shape index (κ1) is 27.0. The van der Waals surface area contributed by atoms with Crippen molar-refractivity contribution in [2.45, 2.75) is 20.1 Å². The lowest BCUT2D eigenvalue weighted by Crippen LogP contribution is -2.27. The molecule has 0 atom stereocenters. The Balaban J connectivity index is 1.58. The van der Waals surface area contributed by atoms with E-state index in [1.54, 1.807) is 24.3 Å². The van der Waals surface area contributed by atoms with Crippen molar-refractivity contribution in [3.05, 3.63) is 101 Å². The molecule has 0 bridgehead atoms. The average molecular weight is 651 g/mol. The van der Waals surface area contributed by atoms with Crippen LogP contribution in [0.15, 0.2) is 65.6 Å². The summed E-state index contributed by atoms with van der Waals surface area (Å²) in [7, 11) is 0. The van der Waals surface area contributed by atoms with E-state index in [0.29, 0.717) is 28.7 Å². The van der Waals surface area contributed by atoms with E-state index in [1.807, 2.05) is 31.2 Å². The van der Waals surface area contributed by atoms with E-state index in [-0.39, 0.29) is 29.3 Å². The lowest BCUT2D eigenvalue weighted by atomic mass is 10.1. The lowest BCUT2D eigenvalue weighted by Gasteiger charge is -2.15. The number of carbonyl (C=O) groups is 2. The first-order valence-corrected chi connectivity index (χ1v) is 13.4. The molecule has 0 spiro atoms. The van der Waals surface area contributed by atoms with Crippen molar-refractivity contribution in [1.29, 1.82) is 0 Å². The SMILES string of the molecule is CCOc1cc(/C=C2/SC(=O)N(Cc3ccccc3[N+](=O)[O-])C2=O)cc(I)c1OCc1ccccc1Cl. The molecule has 4 rings (SSSR count). The maximum Gasteiger partial charge on any atom is 0.293 e. The summed E-state index contributed by atoms with van der Waals surface area (Å²) in [6.07, 6.45) is 1.60. The number of imide groups is 1. The second-order valence-electron chi connectivity index (χ2n) is 7.80. The molecule has 0 aromatic heterocycles. The van der Waals surface area contributed by atoms with E-state index in [2.05, 4.69) is 22.6 Å². The largest absolute Gasteiger partial charge is 0.490 e. The predicted octanol–water partition coefficient (Wildman–Crippen LogP) is 7.07. The molecule has 1 saturated heterocycles. The predicted molar refractivity (Wildman–Crippen MR) is 151 cm³/mol. The van der Waals surface area contributed by atoms with Gasteiger partial charge in [-0.05, 0) is 71.1 Å². The fourth-order valence-electron chi connectivity index (χ4n) is 3.62. The minimum atomic E-state index is -0.531. The van der Waals surface area contributed by atoms with Gasteiger partial charge < -0.3 is 9.47 Å². The quantitative estimate of drug-likeness (QED) is 0.106. The third kappa shape index (κ3) is 6.25. The number of nitrogens with zero attached hydrogens (tertiary/aromatic N) is 2. The van der Waals surface area contributed by atoms with Gasteiger partial charge >= 0.3 is 0 Å². The van der Waals surface area contributed by atoms with Gasteiger partial charge in [0.15, 0.2) is 11.5 Å². The van der Waals surface area contributed by atoms with E-state index >= 15 is 0 Å². The van der Waals surface area contributed by atoms with Crippen LogP contribution >= 0.6 is 46.0 Å². The van der Waals surface area contributed by atoms with E-state index in [0.717, 1.165) is 25.8 Å². The van der Waals surface area contributed by atoms with Gasteiger partial charge in [0.05, 0.1) is 26.6 Å². The van der Waals surface area contributed by atoms with Crippen molar-refractivity contribution in [2.24, 2.45) is 0 Å². The first-order chi connectivity index (χ1) is 17.8. The molecule has 1 aliphatic rings. The molecule has 1 heterocycles. The van der Waals surface area contributed by atoms with Crippen LogP contribution in [-0.2, 0) is 17.9 Å². The van der Waals surface area contributed by atoms with Gasteiger partial charge in [-0.1, -0.05) is 48.0 Å². The number of nitro benzene ring substituents is 1. The highest BCUT2D eigenvalue weighted by Crippen LogP contribution is 2.39. The minimum Gasteiger partial charge on any atom is -0.490 e. The Bertz CT molecular complexity index is 1410. The minimum absolute atomic E-state index is 0.145. The Labute approximate surface area is 235 Å². The van der Waals surface area contributed by atoms with E-state index in [4.69, 9.17) is 21.1 Å². The van der Waals surface area contributed by atoms with Gasteiger partial charge in [-0.2, -0.15) is 0 Å². The van der Waals surface area contributed by atoms with Gasteiger partial charge in [-0.15, -0.1) is 0 Å². The monoisotopic (exact) mass is 650 g/mol. The summed E-state index contributed by atoms with van der Waals surface area (Å²) in [5.41, 5.74) is 1.62. The summed E-state index contributed by atoms with van der Waals surface area (Å²) in [5, 5.41) is 11.4. The van der Waals surface area contributed by atoms with E-state index in [9.17, 15) is 19.7 Å². The third-order valence-corrected chi connectivity index (χ3v) is 7.43. The summed E-state index contributed by atoms with van der Waals surface area (Å²) in [6.45, 7) is 2.31. The molecule has 0 radical (unpaired) electrons. The van der Waals surface area contributed by atoms with Crippen LogP contribution in [0.2, 0.25) is 5.02 Å². The number of ether oxygens (including phenoxy) is 2. The van der Waals surface area contributed by atoms with E-state index < -0.39 is 16.1 Å². The van der Waals surface area contributed by atoms with Crippen LogP contribution in [0.25, 0.3) is 6.08 Å². The highest BCUT2D eigenvalue weighted by Gasteiger charge is 2.36. The van der Waals surface area contributed by atoms with Crippen molar-refractivity contribution in [2.75, 3.05) is 6.61 Å². The maximum absolute atomic E-state index is 13.0. The summed E-state index contributed by atoms with van der Waals surface area (Å²) in [6, 6.07) is 17.0. The molecular formula is C26H20ClIN2O6S. The van der Waals surface area contributed by atoms with Crippen molar-refractivity contribution in [1.82, 2.24) is 4.90 Å². The zero-order chi connectivity index (χ0) is 26.5. The molecule has 3 aromatic rings. The number of nitro groups is 1. The second kappa shape index (κ2) is 12.0. The summed E-state index contributed by atoms with van der Waals surface area (Å²) in [5.74, 6) is 0.524. The fourth-order valence-corrected chi connectivity index (χ4v) is 5.43. The molecule has 1 fully saturated rings. The molecule has 3 aromatic carbocycles. The standard InChI is InChI=1S/C26H20ClIN2O6S/c1-2-35-22-12-16(11-20(28)24(22)36-15-18-8-3-5-9-19(18)27)13-23-25(31)29(26(32)37-23)14-17-7-4-6-10-21(17)30(33)34/h3-13H,2,14-15H2,1H3/b23-13+. The Hall–Kier alpha value is -3.09. The molecule has 0 unspecified atom stereocenters. The third-order valence-electron chi connectivity index (χ3n) is 5.35. The molecule has 11 heteroatoms. The van der Waals surface area contributed by atoms with Crippen LogP contribution in [0.3, 0.4) is 0 Å². The molecule has 8 nitrogen and oxygen atoms in total. The lowest BCUT2D eigenvalue weighted by molar-refractivity contribution is -0.385. The van der Waals surface area contributed by atoms with Crippen molar-refractivity contribution < 1.29 is 24.0 Å². The smallest absolute Gasteiger partial charge is 0.293 e. The number of halogens is 2. The van der Waals surface area contributed by atoms with E-state index in [1.165, 1.54) is 18.2 Å². The summed E-state index contributed by atoms with van der Waals surface area (Å²) >= 11 is 9.16. The van der Waals surface area contributed by atoms with Gasteiger partial charge in [0.25, 0.3) is 16.8 Å². The zero-order valence-corrected chi connectivity index (χ0v) is 23.2. The summed E-state index contributed by atoms with van der Waals surface area (Å²) in [4.78, 5) is 37.7. The number of carbonyl (C=O) groups excluding carboxylic acids is 2. The molecule has 0 aliphatic carbocycles. The molecule has 190 valence electrons. The van der Waals surface area contributed by atoms with Gasteiger partial charge in [0.1, 0.15) is 6.61 Å². The molecule has 1 aliphatic heterocycles. The molecule has 0 N–H and O–H groups in total. The number of thioether (sulfide) groups is 1. The van der Waals surface area contributed by atoms with Crippen LogP contribution in [0.4, 0.5) is 10.5 Å². The number of amides is 2. The van der Waals surface area contributed by atoms with Gasteiger partial charge in [0, 0.05) is 22.2 Å². The number of hydrogen-bond donors (Lipinski definition) is 0. The zero-order valence-electron chi connectivity index (χ0n) is 19.5. The number of hydrogen-bond acceptors (Lipinski definition) is 7. The molecule has 0 saturated carbocycles. The Morgan fingerprint density at radius 3 is 2.49 bits per heavy atom. The van der Waals surface area contributed by atoms with Crippen molar-refractivity contribution >= 4 is 68.9 Å². The fraction of sp³-hybridized carbons (Fsp3) is 0.154. The van der Waals surface area contributed by atoms with Gasteiger partial charge in [-0.25, -0.2) is 0 Å². The Morgan fingerprint density at radius 2 is 1.78 bits per heavy atom. The van der Waals surface area contributed by atoms with Crippen LogP contribution < -0.4 is 9.47 Å². The number of para-hydroxylation sites is 1. The highest BCUT2D eigenvalue weighted by molar-refractivity contribution is 14.1. The Morgan fingerprint density at radius 1 is 1.08 bits per heavy atom. The average Bonchev–Trinajstić information content (AvgIpc) is 3.12. The molecule has 2 amide bonds. The first-order valence-electron chi connectivity index (χ1n) is 11.1. The van der Waals surface area contributed by atoms with Gasteiger partial charge in [0.2, 0.25) is 0 Å². The van der Waals surface area contributed by atoms with Crippen molar-refractivity contribution in [3.8, 4) is 11.5 Å². The highest BCUT2D eigenvalue weighted by atomic mass is 127. The number of rotatable bonds is 9. The number of benzene rings is 3. The van der Waals surface area contributed by atoms with Gasteiger partial charge in [-0.3, -0.25) is 24.6 Å². The summed E-state index contributed by atoms with van der Waals surface area (Å²) < 4.78 is 12.6. The van der Waals surface area contributed by atoms with Crippen LogP contribution in [0, 0.1) is 13.7 Å². The maximum atomic E-state index is 13.0. The molecule has 37 heavy (non-hydrogen) atoms. The van der Waals surface area contributed by atoms with Crippen LogP contribution in [0.1, 0.15) is 23.6 Å². The van der Waals surface area contributed by atoms with Crippen molar-refractivity contribution in [3.63, 3.8) is 0 Å². The topological polar surface area (TPSA) is 99.0 Å². The second-order valence-corrected chi connectivity index (χ2v) is 10.4. The van der Waals surface area contributed by atoms with Crippen LogP contribution in [0.5, 0.6) is 11.5 Å². The van der Waals surface area contributed by atoms with Crippen LogP contribution in [-0.4, -0.2) is 27.6 Å². The molecular weight excluding hydrogens is 631 g/mol. The normalized spacial score (nSPS) is 14.4. The Kier molecular flexibility index (Phi) is 8.72.